The average molecular weight is 304 g/mol. The number of hydrogen-bond donors (Lipinski definition) is 2. The molecule has 5 heteroatoms. The van der Waals surface area contributed by atoms with E-state index in [0.29, 0.717) is 5.92 Å². The number of benzene rings is 1. The summed E-state index contributed by atoms with van der Waals surface area (Å²) in [5.41, 5.74) is 1.28. The lowest BCUT2D eigenvalue weighted by Crippen LogP contribution is -2.45. The molecule has 0 saturated heterocycles. The summed E-state index contributed by atoms with van der Waals surface area (Å²) in [6, 6.07) is 8.22. The zero-order chi connectivity index (χ0) is 14.7. The molecule has 4 nitrogen and oxygen atoms in total. The Bertz CT molecular complexity index is 575. The number of thioether (sulfide) groups is 1. The molecule has 2 saturated carbocycles. The second-order valence-electron chi connectivity index (χ2n) is 6.35. The topological polar surface area (TPSA) is 74.6 Å². The van der Waals surface area contributed by atoms with Crippen LogP contribution in [0.25, 0.3) is 0 Å². The lowest BCUT2D eigenvalue weighted by molar-refractivity contribution is -0.157. The van der Waals surface area contributed by atoms with Gasteiger partial charge in [0.1, 0.15) is 0 Å². The second-order valence-corrected chi connectivity index (χ2v) is 7.57. The van der Waals surface area contributed by atoms with Crippen LogP contribution in [-0.4, -0.2) is 27.4 Å². The molecule has 2 fully saturated rings. The van der Waals surface area contributed by atoms with E-state index in [0.717, 1.165) is 12.8 Å². The first-order valence-corrected chi connectivity index (χ1v) is 8.16. The summed E-state index contributed by atoms with van der Waals surface area (Å²) in [5.74, 6) is -2.97. The van der Waals surface area contributed by atoms with Gasteiger partial charge in [-0.25, -0.2) is 0 Å². The van der Waals surface area contributed by atoms with Crippen molar-refractivity contribution >= 4 is 23.7 Å². The van der Waals surface area contributed by atoms with Crippen LogP contribution in [-0.2, 0) is 16.0 Å². The van der Waals surface area contributed by atoms with Gasteiger partial charge in [-0.05, 0) is 42.2 Å². The van der Waals surface area contributed by atoms with Gasteiger partial charge < -0.3 is 10.2 Å². The van der Waals surface area contributed by atoms with E-state index in [9.17, 15) is 19.8 Å². The first-order chi connectivity index (χ1) is 10.1. The van der Waals surface area contributed by atoms with Gasteiger partial charge in [-0.1, -0.05) is 18.2 Å². The zero-order valence-electron chi connectivity index (χ0n) is 11.3. The Kier molecular flexibility index (Phi) is 2.83. The minimum atomic E-state index is -0.937. The number of aliphatic carboxylic acids is 2. The number of carboxylic acids is 2. The van der Waals surface area contributed by atoms with Crippen molar-refractivity contribution < 1.29 is 19.8 Å². The Morgan fingerprint density at radius 2 is 1.67 bits per heavy atom. The third kappa shape index (κ3) is 1.76. The van der Waals surface area contributed by atoms with Gasteiger partial charge in [0.25, 0.3) is 0 Å². The number of carboxylic acid groups (broad SMARTS) is 2. The summed E-state index contributed by atoms with van der Waals surface area (Å²) in [6.07, 6.45) is 1.65. The molecule has 0 unspecified atom stereocenters. The highest BCUT2D eigenvalue weighted by atomic mass is 32.2. The van der Waals surface area contributed by atoms with E-state index in [1.807, 2.05) is 12.1 Å². The van der Waals surface area contributed by atoms with Crippen LogP contribution in [0.4, 0.5) is 0 Å². The highest BCUT2D eigenvalue weighted by molar-refractivity contribution is 8.00. The summed E-state index contributed by atoms with van der Waals surface area (Å²) < 4.78 is 0. The van der Waals surface area contributed by atoms with Crippen LogP contribution >= 0.6 is 11.8 Å². The standard InChI is InChI=1S/C16H16O4S/c17-15(18)12-8-6-10(13(12)16(19)20)14-9(8)5-7-3-1-2-4-11(7)21-14/h1-4,8-10,12-14H,5-6H2,(H,17,18)(H,19,20)/t8-,9+,10-,12+,13-,14+/m0/s1. The van der Waals surface area contributed by atoms with Crippen molar-refractivity contribution in [1.82, 2.24) is 0 Å². The van der Waals surface area contributed by atoms with Crippen LogP contribution in [0.2, 0.25) is 0 Å². The van der Waals surface area contributed by atoms with E-state index >= 15 is 0 Å². The molecule has 0 spiro atoms. The van der Waals surface area contributed by atoms with Crippen molar-refractivity contribution in [3.8, 4) is 0 Å². The van der Waals surface area contributed by atoms with Crippen LogP contribution in [0.5, 0.6) is 0 Å². The van der Waals surface area contributed by atoms with E-state index in [-0.39, 0.29) is 17.1 Å². The molecule has 6 atom stereocenters. The van der Waals surface area contributed by atoms with Crippen molar-refractivity contribution in [2.75, 3.05) is 0 Å². The normalized spacial score (nSPS) is 39.6. The summed E-state index contributed by atoms with van der Waals surface area (Å²) in [5, 5.41) is 19.2. The third-order valence-corrected chi connectivity index (χ3v) is 7.13. The van der Waals surface area contributed by atoms with Gasteiger partial charge >= 0.3 is 11.9 Å². The van der Waals surface area contributed by atoms with E-state index in [1.165, 1.54) is 10.5 Å². The predicted octanol–water partition coefficient (Wildman–Crippen LogP) is 2.37. The van der Waals surface area contributed by atoms with Crippen molar-refractivity contribution in [3.63, 3.8) is 0 Å². The molecule has 2 bridgehead atoms. The van der Waals surface area contributed by atoms with Crippen molar-refractivity contribution in [3.05, 3.63) is 29.8 Å². The van der Waals surface area contributed by atoms with Crippen LogP contribution in [0.3, 0.4) is 0 Å². The lowest BCUT2D eigenvalue weighted by Gasteiger charge is -2.40. The first kappa shape index (κ1) is 13.2. The predicted molar refractivity (Wildman–Crippen MR) is 77.1 cm³/mol. The molecule has 0 radical (unpaired) electrons. The quantitative estimate of drug-likeness (QED) is 0.877. The van der Waals surface area contributed by atoms with E-state index < -0.39 is 23.8 Å². The molecule has 110 valence electrons. The molecule has 1 aromatic rings. The number of hydrogen-bond acceptors (Lipinski definition) is 3. The van der Waals surface area contributed by atoms with Gasteiger partial charge in [0.05, 0.1) is 11.8 Å². The molecule has 4 rings (SSSR count). The van der Waals surface area contributed by atoms with Gasteiger partial charge in [0.2, 0.25) is 0 Å². The number of fused-ring (bicyclic) bond motifs is 6. The van der Waals surface area contributed by atoms with E-state index in [2.05, 4.69) is 12.1 Å². The molecule has 0 amide bonds. The molecule has 3 aliphatic rings. The molecule has 2 aliphatic carbocycles. The molecule has 0 aromatic heterocycles. The van der Waals surface area contributed by atoms with Crippen molar-refractivity contribution in [2.24, 2.45) is 29.6 Å². The fraction of sp³-hybridized carbons (Fsp3) is 0.500. The highest BCUT2D eigenvalue weighted by Crippen LogP contribution is 2.62. The largest absolute Gasteiger partial charge is 0.481 e. The van der Waals surface area contributed by atoms with E-state index in [4.69, 9.17) is 0 Å². The maximum absolute atomic E-state index is 11.6. The van der Waals surface area contributed by atoms with Crippen LogP contribution in [0.1, 0.15) is 12.0 Å². The SMILES string of the molecule is O=C(O)[C@@H]1[C@H]2C[C@H]([C@@H]3Sc4ccccc4C[C@H]23)[C@@H]1C(=O)O. The minimum absolute atomic E-state index is 0.00282. The lowest BCUT2D eigenvalue weighted by atomic mass is 9.71. The Labute approximate surface area is 126 Å². The summed E-state index contributed by atoms with van der Waals surface area (Å²) in [7, 11) is 0. The molecule has 21 heavy (non-hydrogen) atoms. The Hall–Kier alpha value is -1.49. The number of carbonyl (C=O) groups is 2. The Morgan fingerprint density at radius 1 is 1.00 bits per heavy atom. The number of rotatable bonds is 2. The molecular formula is C16H16O4S. The smallest absolute Gasteiger partial charge is 0.307 e. The van der Waals surface area contributed by atoms with Gasteiger partial charge in [-0.2, -0.15) is 0 Å². The van der Waals surface area contributed by atoms with Gasteiger partial charge in [-0.15, -0.1) is 11.8 Å². The summed E-state index contributed by atoms with van der Waals surface area (Å²) in [4.78, 5) is 24.3. The van der Waals surface area contributed by atoms with Gasteiger partial charge in [0, 0.05) is 10.1 Å². The maximum Gasteiger partial charge on any atom is 0.307 e. The summed E-state index contributed by atoms with van der Waals surface area (Å²) in [6.45, 7) is 0. The van der Waals surface area contributed by atoms with Crippen LogP contribution in [0.15, 0.2) is 29.2 Å². The molecular weight excluding hydrogens is 288 g/mol. The summed E-state index contributed by atoms with van der Waals surface area (Å²) >= 11 is 1.77. The Morgan fingerprint density at radius 3 is 2.38 bits per heavy atom. The van der Waals surface area contributed by atoms with E-state index in [1.54, 1.807) is 11.8 Å². The fourth-order valence-corrected chi connectivity index (χ4v) is 6.47. The second kappa shape index (κ2) is 4.50. The zero-order valence-corrected chi connectivity index (χ0v) is 12.1. The molecule has 1 heterocycles. The third-order valence-electron chi connectivity index (χ3n) is 5.51. The molecule has 2 N–H and O–H groups in total. The highest BCUT2D eigenvalue weighted by Gasteiger charge is 2.63. The average Bonchev–Trinajstić information content (AvgIpc) is 3.01. The van der Waals surface area contributed by atoms with Crippen LogP contribution < -0.4 is 0 Å². The Balaban J connectivity index is 1.72. The molecule has 1 aromatic carbocycles. The van der Waals surface area contributed by atoms with Crippen LogP contribution in [0, 0.1) is 29.6 Å². The van der Waals surface area contributed by atoms with Crippen molar-refractivity contribution in [2.45, 2.75) is 23.0 Å². The maximum atomic E-state index is 11.6. The van der Waals surface area contributed by atoms with Crippen molar-refractivity contribution in [1.29, 1.82) is 0 Å². The van der Waals surface area contributed by atoms with Gasteiger partial charge in [-0.3, -0.25) is 9.59 Å². The van der Waals surface area contributed by atoms with Gasteiger partial charge in [0.15, 0.2) is 0 Å². The minimum Gasteiger partial charge on any atom is -0.481 e. The fourth-order valence-electron chi connectivity index (χ4n) is 4.78. The first-order valence-electron chi connectivity index (χ1n) is 7.28. The molecule has 1 aliphatic heterocycles. The monoisotopic (exact) mass is 304 g/mol.